The second-order valence-corrected chi connectivity index (χ2v) is 6.52. The standard InChI is InChI=1S/C19H27FN2O2/c1-14(17-8-5-6-9-18(17)20)22(16-11-12-16)19(24)10-4-3-7-13-21-15(2)23/h5-6,8-9,14,16H,3-4,7,10-13H2,1-2H3,(H,21,23). The molecule has 132 valence electrons. The lowest BCUT2D eigenvalue weighted by Gasteiger charge is -2.30. The third-order valence-electron chi connectivity index (χ3n) is 4.44. The average Bonchev–Trinajstić information content (AvgIpc) is 3.35. The number of halogens is 1. The van der Waals surface area contributed by atoms with Crippen LogP contribution in [-0.2, 0) is 9.59 Å². The summed E-state index contributed by atoms with van der Waals surface area (Å²) < 4.78 is 14.0. The topological polar surface area (TPSA) is 49.4 Å². The molecule has 1 aromatic carbocycles. The van der Waals surface area contributed by atoms with Crippen molar-refractivity contribution < 1.29 is 14.0 Å². The number of unbranched alkanes of at least 4 members (excludes halogenated alkanes) is 2. The second-order valence-electron chi connectivity index (χ2n) is 6.52. The minimum atomic E-state index is -0.251. The van der Waals surface area contributed by atoms with Gasteiger partial charge >= 0.3 is 0 Å². The number of hydrogen-bond acceptors (Lipinski definition) is 2. The maximum atomic E-state index is 14.0. The van der Waals surface area contributed by atoms with Crippen molar-refractivity contribution in [1.29, 1.82) is 0 Å². The second kappa shape index (κ2) is 8.81. The van der Waals surface area contributed by atoms with E-state index in [1.807, 2.05) is 17.9 Å². The molecule has 0 aliphatic heterocycles. The molecule has 1 atom stereocenters. The minimum Gasteiger partial charge on any atom is -0.356 e. The van der Waals surface area contributed by atoms with Gasteiger partial charge in [0, 0.05) is 31.5 Å². The van der Waals surface area contributed by atoms with E-state index in [2.05, 4.69) is 5.32 Å². The average molecular weight is 334 g/mol. The molecule has 0 heterocycles. The molecule has 0 saturated heterocycles. The van der Waals surface area contributed by atoms with Gasteiger partial charge in [0.05, 0.1) is 6.04 Å². The normalized spacial score (nSPS) is 15.0. The molecule has 0 bridgehead atoms. The molecule has 5 heteroatoms. The Balaban J connectivity index is 1.85. The molecule has 2 amide bonds. The lowest BCUT2D eigenvalue weighted by molar-refractivity contribution is -0.134. The van der Waals surface area contributed by atoms with Crippen molar-refractivity contribution in [3.8, 4) is 0 Å². The van der Waals surface area contributed by atoms with Gasteiger partial charge in [0.15, 0.2) is 0 Å². The summed E-state index contributed by atoms with van der Waals surface area (Å²) in [7, 11) is 0. The summed E-state index contributed by atoms with van der Waals surface area (Å²) in [5.74, 6) is -0.170. The molecule has 1 fully saturated rings. The van der Waals surface area contributed by atoms with Gasteiger partial charge in [-0.15, -0.1) is 0 Å². The van der Waals surface area contributed by atoms with Crippen molar-refractivity contribution >= 4 is 11.8 Å². The summed E-state index contributed by atoms with van der Waals surface area (Å²) in [4.78, 5) is 25.3. The maximum Gasteiger partial charge on any atom is 0.223 e. The van der Waals surface area contributed by atoms with E-state index in [1.165, 1.54) is 13.0 Å². The summed E-state index contributed by atoms with van der Waals surface area (Å²) in [6.45, 7) is 4.06. The molecule has 0 spiro atoms. The Labute approximate surface area is 143 Å². The molecule has 0 aromatic heterocycles. The summed E-state index contributed by atoms with van der Waals surface area (Å²) in [5, 5.41) is 2.75. The zero-order valence-electron chi connectivity index (χ0n) is 14.6. The number of nitrogens with zero attached hydrogens (tertiary/aromatic N) is 1. The van der Waals surface area contributed by atoms with Crippen LogP contribution in [0.5, 0.6) is 0 Å². The van der Waals surface area contributed by atoms with Crippen molar-refractivity contribution in [1.82, 2.24) is 10.2 Å². The number of benzene rings is 1. The molecule has 1 aliphatic rings. The van der Waals surface area contributed by atoms with E-state index in [1.54, 1.807) is 12.1 Å². The van der Waals surface area contributed by atoms with Crippen LogP contribution in [0, 0.1) is 5.82 Å². The van der Waals surface area contributed by atoms with Crippen LogP contribution in [-0.4, -0.2) is 29.3 Å². The van der Waals surface area contributed by atoms with E-state index in [9.17, 15) is 14.0 Å². The minimum absolute atomic E-state index is 0.0234. The van der Waals surface area contributed by atoms with Crippen LogP contribution < -0.4 is 5.32 Å². The molecule has 0 radical (unpaired) electrons. The fourth-order valence-electron chi connectivity index (χ4n) is 3.02. The first-order valence-corrected chi connectivity index (χ1v) is 8.80. The van der Waals surface area contributed by atoms with Gasteiger partial charge in [-0.2, -0.15) is 0 Å². The highest BCUT2D eigenvalue weighted by Crippen LogP contribution is 2.35. The van der Waals surface area contributed by atoms with Gasteiger partial charge in [-0.1, -0.05) is 24.6 Å². The predicted octanol–water partition coefficient (Wildman–Crippen LogP) is 3.57. The Morgan fingerprint density at radius 2 is 1.96 bits per heavy atom. The lowest BCUT2D eigenvalue weighted by atomic mass is 10.0. The third-order valence-corrected chi connectivity index (χ3v) is 4.44. The molecular formula is C19H27FN2O2. The predicted molar refractivity (Wildman–Crippen MR) is 91.8 cm³/mol. The molecule has 1 unspecified atom stereocenters. The smallest absolute Gasteiger partial charge is 0.223 e. The Morgan fingerprint density at radius 1 is 1.25 bits per heavy atom. The highest BCUT2D eigenvalue weighted by atomic mass is 19.1. The lowest BCUT2D eigenvalue weighted by Crippen LogP contribution is -2.35. The van der Waals surface area contributed by atoms with Crippen LogP contribution in [0.2, 0.25) is 0 Å². The summed E-state index contributed by atoms with van der Waals surface area (Å²) in [6, 6.07) is 6.72. The highest BCUT2D eigenvalue weighted by Gasteiger charge is 2.36. The number of rotatable bonds is 9. The third kappa shape index (κ3) is 5.32. The monoisotopic (exact) mass is 334 g/mol. The van der Waals surface area contributed by atoms with Crippen LogP contribution >= 0.6 is 0 Å². The number of hydrogen-bond donors (Lipinski definition) is 1. The molecule has 2 rings (SSSR count). The molecule has 1 N–H and O–H groups in total. The van der Waals surface area contributed by atoms with Gasteiger partial charge in [0.1, 0.15) is 5.82 Å². The highest BCUT2D eigenvalue weighted by molar-refractivity contribution is 5.77. The summed E-state index contributed by atoms with van der Waals surface area (Å²) >= 11 is 0. The molecule has 24 heavy (non-hydrogen) atoms. The van der Waals surface area contributed by atoms with Crippen molar-refractivity contribution in [2.45, 2.75) is 64.5 Å². The van der Waals surface area contributed by atoms with Crippen LogP contribution in [0.1, 0.15) is 64.0 Å². The van der Waals surface area contributed by atoms with Crippen molar-refractivity contribution in [2.75, 3.05) is 6.54 Å². The SMILES string of the molecule is CC(=O)NCCCCCC(=O)N(C1CC1)C(C)c1ccccc1F. The van der Waals surface area contributed by atoms with E-state index < -0.39 is 0 Å². The zero-order valence-corrected chi connectivity index (χ0v) is 14.6. The zero-order chi connectivity index (χ0) is 17.5. The Bertz CT molecular complexity index is 572. The largest absolute Gasteiger partial charge is 0.356 e. The molecule has 4 nitrogen and oxygen atoms in total. The van der Waals surface area contributed by atoms with Gasteiger partial charge in [-0.25, -0.2) is 4.39 Å². The quantitative estimate of drug-likeness (QED) is 0.702. The van der Waals surface area contributed by atoms with E-state index in [4.69, 9.17) is 0 Å². The first-order valence-electron chi connectivity index (χ1n) is 8.80. The van der Waals surface area contributed by atoms with Crippen molar-refractivity contribution in [3.63, 3.8) is 0 Å². The maximum absolute atomic E-state index is 14.0. The Hall–Kier alpha value is -1.91. The van der Waals surface area contributed by atoms with Gasteiger partial charge < -0.3 is 10.2 Å². The van der Waals surface area contributed by atoms with Crippen LogP contribution in [0.4, 0.5) is 4.39 Å². The molecule has 1 aromatic rings. The summed E-state index contributed by atoms with van der Waals surface area (Å²) in [5.41, 5.74) is 0.586. The van der Waals surface area contributed by atoms with Crippen LogP contribution in [0.3, 0.4) is 0 Å². The fraction of sp³-hybridized carbons (Fsp3) is 0.579. The first-order chi connectivity index (χ1) is 11.5. The number of amides is 2. The van der Waals surface area contributed by atoms with Gasteiger partial charge in [0.2, 0.25) is 11.8 Å². The van der Waals surface area contributed by atoms with E-state index in [-0.39, 0.29) is 29.7 Å². The van der Waals surface area contributed by atoms with Crippen molar-refractivity contribution in [3.05, 3.63) is 35.6 Å². The van der Waals surface area contributed by atoms with E-state index in [0.29, 0.717) is 18.5 Å². The fourth-order valence-corrected chi connectivity index (χ4v) is 3.02. The van der Waals surface area contributed by atoms with Gasteiger partial charge in [-0.05, 0) is 38.7 Å². The first kappa shape index (κ1) is 18.4. The number of nitrogens with one attached hydrogen (secondary N) is 1. The molecular weight excluding hydrogens is 307 g/mol. The van der Waals surface area contributed by atoms with Crippen LogP contribution in [0.15, 0.2) is 24.3 Å². The van der Waals surface area contributed by atoms with Gasteiger partial charge in [-0.3, -0.25) is 9.59 Å². The Morgan fingerprint density at radius 3 is 2.58 bits per heavy atom. The number of carbonyl (C=O) groups excluding carboxylic acids is 2. The summed E-state index contributed by atoms with van der Waals surface area (Å²) in [6.07, 6.45) is 5.07. The molecule has 1 aliphatic carbocycles. The number of carbonyl (C=O) groups is 2. The van der Waals surface area contributed by atoms with Crippen LogP contribution in [0.25, 0.3) is 0 Å². The molecule has 1 saturated carbocycles. The van der Waals surface area contributed by atoms with E-state index >= 15 is 0 Å². The van der Waals surface area contributed by atoms with Gasteiger partial charge in [0.25, 0.3) is 0 Å². The Kier molecular flexibility index (Phi) is 6.76. The van der Waals surface area contributed by atoms with E-state index in [0.717, 1.165) is 32.1 Å². The van der Waals surface area contributed by atoms with Crippen molar-refractivity contribution in [2.24, 2.45) is 0 Å².